The molecule has 124 valence electrons. The minimum atomic E-state index is -0.525. The van der Waals surface area contributed by atoms with E-state index in [0.29, 0.717) is 12.1 Å². The van der Waals surface area contributed by atoms with Gasteiger partial charge in [-0.05, 0) is 43.2 Å². The highest BCUT2D eigenvalue weighted by Crippen LogP contribution is 2.37. The Kier molecular flexibility index (Phi) is 3.59. The maximum atomic E-state index is 12.7. The van der Waals surface area contributed by atoms with Crippen LogP contribution in [-0.2, 0) is 17.8 Å². The van der Waals surface area contributed by atoms with E-state index in [4.69, 9.17) is 0 Å². The molecular weight excluding hydrogens is 306 g/mol. The molecule has 1 aromatic heterocycles. The van der Waals surface area contributed by atoms with E-state index in [0.717, 1.165) is 36.9 Å². The summed E-state index contributed by atoms with van der Waals surface area (Å²) in [6, 6.07) is 7.87. The molecule has 0 bridgehead atoms. The van der Waals surface area contributed by atoms with Crippen molar-refractivity contribution in [3.05, 3.63) is 62.4 Å². The molecular formula is C18H19N3O3. The maximum Gasteiger partial charge on any atom is 0.328 e. The molecule has 1 fully saturated rings. The van der Waals surface area contributed by atoms with Crippen LogP contribution in [-0.4, -0.2) is 22.0 Å². The van der Waals surface area contributed by atoms with Crippen LogP contribution in [0.25, 0.3) is 0 Å². The number of anilines is 1. The van der Waals surface area contributed by atoms with Gasteiger partial charge in [-0.25, -0.2) is 4.79 Å². The van der Waals surface area contributed by atoms with Crippen LogP contribution >= 0.6 is 0 Å². The summed E-state index contributed by atoms with van der Waals surface area (Å²) in [5.74, 6) is 0.101. The summed E-state index contributed by atoms with van der Waals surface area (Å²) in [6.07, 6.45) is 5.37. The molecule has 0 spiro atoms. The van der Waals surface area contributed by atoms with Gasteiger partial charge in [-0.3, -0.25) is 19.1 Å². The van der Waals surface area contributed by atoms with Gasteiger partial charge in [0.25, 0.3) is 5.56 Å². The lowest BCUT2D eigenvalue weighted by Gasteiger charge is -2.29. The Labute approximate surface area is 138 Å². The quantitative estimate of drug-likeness (QED) is 0.927. The van der Waals surface area contributed by atoms with Crippen LogP contribution in [0.15, 0.2) is 40.1 Å². The molecule has 1 saturated carbocycles. The Morgan fingerprint density at radius 1 is 1.21 bits per heavy atom. The monoisotopic (exact) mass is 325 g/mol. The van der Waals surface area contributed by atoms with E-state index >= 15 is 0 Å². The van der Waals surface area contributed by atoms with Crippen molar-refractivity contribution in [3.8, 4) is 0 Å². The number of hydrogen-bond acceptors (Lipinski definition) is 3. The molecule has 0 unspecified atom stereocenters. The van der Waals surface area contributed by atoms with Crippen molar-refractivity contribution in [3.63, 3.8) is 0 Å². The Hall–Kier alpha value is -2.63. The molecule has 6 heteroatoms. The van der Waals surface area contributed by atoms with Gasteiger partial charge in [0.1, 0.15) is 6.54 Å². The number of nitrogens with one attached hydrogen (secondary N) is 1. The highest BCUT2D eigenvalue weighted by Gasteiger charge is 2.28. The van der Waals surface area contributed by atoms with Crippen molar-refractivity contribution in [1.82, 2.24) is 9.55 Å². The standard InChI is InChI=1S/C18H19N3O3/c22-16(21-9-3-5-13-4-1-2-6-15(13)21)11-20-10-14(12-7-8-12)17(23)19-18(20)24/h1-2,4,6,10,12H,3,5,7-9,11H2,(H,19,23,24). The van der Waals surface area contributed by atoms with E-state index < -0.39 is 5.69 Å². The van der Waals surface area contributed by atoms with Crippen molar-refractivity contribution in [1.29, 1.82) is 0 Å². The van der Waals surface area contributed by atoms with Crippen molar-refractivity contribution in [2.45, 2.75) is 38.1 Å². The van der Waals surface area contributed by atoms with Gasteiger partial charge in [-0.2, -0.15) is 0 Å². The normalized spacial score (nSPS) is 16.8. The number of amides is 1. The molecule has 24 heavy (non-hydrogen) atoms. The third-order valence-corrected chi connectivity index (χ3v) is 4.77. The van der Waals surface area contributed by atoms with Crippen LogP contribution in [0, 0.1) is 0 Å². The van der Waals surface area contributed by atoms with E-state index in [2.05, 4.69) is 4.98 Å². The van der Waals surface area contributed by atoms with E-state index in [1.54, 1.807) is 11.1 Å². The maximum absolute atomic E-state index is 12.7. The number of hydrogen-bond donors (Lipinski definition) is 1. The van der Waals surface area contributed by atoms with Gasteiger partial charge >= 0.3 is 5.69 Å². The SMILES string of the molecule is O=C(Cn1cc(C2CC2)c(=O)[nH]c1=O)N1CCCc2ccccc21. The second-order valence-corrected chi connectivity index (χ2v) is 6.52. The van der Waals surface area contributed by atoms with Gasteiger partial charge in [-0.1, -0.05) is 18.2 Å². The molecule has 2 aromatic rings. The molecule has 1 aliphatic carbocycles. The van der Waals surface area contributed by atoms with Crippen molar-refractivity contribution < 1.29 is 4.79 Å². The van der Waals surface area contributed by atoms with Crippen LogP contribution in [0.2, 0.25) is 0 Å². The lowest BCUT2D eigenvalue weighted by molar-refractivity contribution is -0.119. The number of rotatable bonds is 3. The molecule has 4 rings (SSSR count). The summed E-state index contributed by atoms with van der Waals surface area (Å²) in [5, 5.41) is 0. The van der Waals surface area contributed by atoms with Crippen LogP contribution in [0.1, 0.15) is 36.3 Å². The lowest BCUT2D eigenvalue weighted by atomic mass is 10.0. The summed E-state index contributed by atoms with van der Waals surface area (Å²) >= 11 is 0. The number of carbonyl (C=O) groups is 1. The van der Waals surface area contributed by atoms with Crippen LogP contribution < -0.4 is 16.1 Å². The van der Waals surface area contributed by atoms with E-state index in [1.807, 2.05) is 24.3 Å². The second kappa shape index (κ2) is 5.78. The number of H-pyrrole nitrogens is 1. The van der Waals surface area contributed by atoms with Gasteiger partial charge in [0.15, 0.2) is 0 Å². The van der Waals surface area contributed by atoms with E-state index in [1.165, 1.54) is 4.57 Å². The zero-order valence-electron chi connectivity index (χ0n) is 13.3. The Morgan fingerprint density at radius 3 is 2.79 bits per heavy atom. The molecule has 0 atom stereocenters. The lowest BCUT2D eigenvalue weighted by Crippen LogP contribution is -2.41. The number of aromatic amines is 1. The van der Waals surface area contributed by atoms with Gasteiger partial charge in [0, 0.05) is 24.0 Å². The largest absolute Gasteiger partial charge is 0.328 e. The summed E-state index contributed by atoms with van der Waals surface area (Å²) in [7, 11) is 0. The number of fused-ring (bicyclic) bond motifs is 1. The molecule has 6 nitrogen and oxygen atoms in total. The summed E-state index contributed by atoms with van der Waals surface area (Å²) in [5.41, 5.74) is 1.84. The fourth-order valence-corrected chi connectivity index (χ4v) is 3.35. The molecule has 1 aromatic carbocycles. The van der Waals surface area contributed by atoms with Crippen molar-refractivity contribution in [2.75, 3.05) is 11.4 Å². The number of para-hydroxylation sites is 1. The summed E-state index contributed by atoms with van der Waals surface area (Å²) in [6.45, 7) is 0.604. The average Bonchev–Trinajstić information content (AvgIpc) is 3.41. The topological polar surface area (TPSA) is 75.2 Å². The fraction of sp³-hybridized carbons (Fsp3) is 0.389. The van der Waals surface area contributed by atoms with Gasteiger partial charge in [0.2, 0.25) is 5.91 Å². The van der Waals surface area contributed by atoms with Crippen LogP contribution in [0.4, 0.5) is 5.69 Å². The third kappa shape index (κ3) is 2.68. The first-order chi connectivity index (χ1) is 11.6. The molecule has 1 N–H and O–H groups in total. The van der Waals surface area contributed by atoms with Gasteiger partial charge in [-0.15, -0.1) is 0 Å². The minimum Gasteiger partial charge on any atom is -0.311 e. The Balaban J connectivity index is 1.62. The zero-order valence-corrected chi connectivity index (χ0v) is 13.3. The zero-order chi connectivity index (χ0) is 16.7. The first-order valence-electron chi connectivity index (χ1n) is 8.35. The molecule has 2 aliphatic rings. The third-order valence-electron chi connectivity index (χ3n) is 4.77. The van der Waals surface area contributed by atoms with E-state index in [9.17, 15) is 14.4 Å². The van der Waals surface area contributed by atoms with Crippen LogP contribution in [0.3, 0.4) is 0 Å². The second-order valence-electron chi connectivity index (χ2n) is 6.52. The van der Waals surface area contributed by atoms with Gasteiger partial charge in [0.05, 0.1) is 0 Å². The predicted molar refractivity (Wildman–Crippen MR) is 90.4 cm³/mol. The van der Waals surface area contributed by atoms with E-state index in [-0.39, 0.29) is 23.9 Å². The first kappa shape index (κ1) is 14.9. The number of aryl methyl sites for hydroxylation is 1. The van der Waals surface area contributed by atoms with Crippen molar-refractivity contribution in [2.24, 2.45) is 0 Å². The number of nitrogens with zero attached hydrogens (tertiary/aromatic N) is 2. The smallest absolute Gasteiger partial charge is 0.311 e. The Morgan fingerprint density at radius 2 is 2.00 bits per heavy atom. The molecule has 0 radical (unpaired) electrons. The fourth-order valence-electron chi connectivity index (χ4n) is 3.35. The number of aromatic nitrogens is 2. The summed E-state index contributed by atoms with van der Waals surface area (Å²) < 4.78 is 1.33. The molecule has 1 amide bonds. The number of carbonyl (C=O) groups excluding carboxylic acids is 1. The highest BCUT2D eigenvalue weighted by molar-refractivity contribution is 5.94. The molecule has 1 aliphatic heterocycles. The number of benzene rings is 1. The summed E-state index contributed by atoms with van der Waals surface area (Å²) in [4.78, 5) is 40.7. The van der Waals surface area contributed by atoms with Crippen molar-refractivity contribution >= 4 is 11.6 Å². The van der Waals surface area contributed by atoms with Crippen LogP contribution in [0.5, 0.6) is 0 Å². The average molecular weight is 325 g/mol. The van der Waals surface area contributed by atoms with Gasteiger partial charge < -0.3 is 4.90 Å². The Bertz CT molecular complexity index is 908. The highest BCUT2D eigenvalue weighted by atomic mass is 16.2. The first-order valence-corrected chi connectivity index (χ1v) is 8.35. The molecule has 2 heterocycles. The molecule has 0 saturated heterocycles. The predicted octanol–water partition coefficient (Wildman–Crippen LogP) is 1.39. The minimum absolute atomic E-state index is 0.0519.